The molecule has 29 heavy (non-hydrogen) atoms. The summed E-state index contributed by atoms with van der Waals surface area (Å²) in [6.07, 6.45) is 0.112. The zero-order valence-corrected chi connectivity index (χ0v) is 16.4. The molecule has 1 heterocycles. The van der Waals surface area contributed by atoms with Gasteiger partial charge in [0.2, 0.25) is 5.91 Å². The molecule has 0 radical (unpaired) electrons. The van der Waals surface area contributed by atoms with Crippen LogP contribution in [0.5, 0.6) is 5.75 Å². The van der Waals surface area contributed by atoms with Crippen molar-refractivity contribution in [1.82, 2.24) is 0 Å². The van der Waals surface area contributed by atoms with Crippen molar-refractivity contribution < 1.29 is 14.3 Å². The summed E-state index contributed by atoms with van der Waals surface area (Å²) in [5.41, 5.74) is 2.04. The number of carbonyl (C=O) groups is 2. The van der Waals surface area contributed by atoms with E-state index in [4.69, 9.17) is 4.74 Å². The highest BCUT2D eigenvalue weighted by molar-refractivity contribution is 6.17. The minimum atomic E-state index is -1.10. The molecule has 1 aliphatic rings. The number of hydrogen-bond donors (Lipinski definition) is 1. The first-order valence-electron chi connectivity index (χ1n) is 9.46. The highest BCUT2D eigenvalue weighted by Crippen LogP contribution is 2.46. The fraction of sp³-hybridized carbons (Fsp3) is 0.167. The van der Waals surface area contributed by atoms with Crippen LogP contribution in [0.1, 0.15) is 17.5 Å². The minimum Gasteiger partial charge on any atom is -0.497 e. The average Bonchev–Trinajstić information content (AvgIpc) is 2.74. The molecule has 0 unspecified atom stereocenters. The topological polar surface area (TPSA) is 58.6 Å². The second-order valence-electron chi connectivity index (χ2n) is 7.10. The number of ether oxygens (including phenoxy) is 1. The van der Waals surface area contributed by atoms with Crippen LogP contribution in [0.4, 0.5) is 11.4 Å². The number of amides is 2. The van der Waals surface area contributed by atoms with Gasteiger partial charge in [-0.3, -0.25) is 14.5 Å². The van der Waals surface area contributed by atoms with Crippen LogP contribution < -0.4 is 15.0 Å². The zero-order valence-electron chi connectivity index (χ0n) is 16.4. The van der Waals surface area contributed by atoms with Crippen LogP contribution in [-0.4, -0.2) is 18.9 Å². The van der Waals surface area contributed by atoms with Crippen molar-refractivity contribution in [2.45, 2.75) is 18.9 Å². The molecule has 3 aromatic rings. The van der Waals surface area contributed by atoms with Gasteiger partial charge in [-0.2, -0.15) is 0 Å². The van der Waals surface area contributed by atoms with E-state index < -0.39 is 5.54 Å². The van der Waals surface area contributed by atoms with Crippen LogP contribution in [-0.2, 0) is 15.1 Å². The van der Waals surface area contributed by atoms with Crippen molar-refractivity contribution in [2.75, 3.05) is 17.3 Å². The number of hydrogen-bond acceptors (Lipinski definition) is 3. The Morgan fingerprint density at radius 2 is 1.62 bits per heavy atom. The van der Waals surface area contributed by atoms with Crippen molar-refractivity contribution in [3.63, 3.8) is 0 Å². The third-order valence-electron chi connectivity index (χ3n) is 5.39. The maximum atomic E-state index is 13.6. The molecule has 1 N–H and O–H groups in total. The van der Waals surface area contributed by atoms with Gasteiger partial charge >= 0.3 is 0 Å². The smallest absolute Gasteiger partial charge is 0.255 e. The third-order valence-corrected chi connectivity index (χ3v) is 5.39. The SMILES string of the molecule is COc1ccc(N2C(=O)C[C@]2(C(=O)Nc2ccccc2C)c2ccccc2)cc1. The number of nitrogens with one attached hydrogen (secondary N) is 1. The van der Waals surface area contributed by atoms with E-state index in [-0.39, 0.29) is 18.2 Å². The molecule has 0 aliphatic carbocycles. The van der Waals surface area contributed by atoms with E-state index in [1.807, 2.05) is 61.5 Å². The first-order chi connectivity index (χ1) is 14.1. The third kappa shape index (κ3) is 3.14. The molecule has 0 bridgehead atoms. The van der Waals surface area contributed by atoms with Gasteiger partial charge in [0.25, 0.3) is 5.91 Å². The normalized spacial score (nSPS) is 18.1. The van der Waals surface area contributed by atoms with Gasteiger partial charge in [-0.25, -0.2) is 0 Å². The Labute approximate surface area is 169 Å². The van der Waals surface area contributed by atoms with Gasteiger partial charge in [0.05, 0.1) is 13.5 Å². The Morgan fingerprint density at radius 3 is 2.24 bits per heavy atom. The lowest BCUT2D eigenvalue weighted by atomic mass is 9.76. The number of para-hydroxylation sites is 1. The number of rotatable bonds is 5. The number of β-lactam (4-membered cyclic amide) rings is 1. The van der Waals surface area contributed by atoms with E-state index >= 15 is 0 Å². The molecule has 4 rings (SSSR count). The number of nitrogens with zero attached hydrogens (tertiary/aromatic N) is 1. The van der Waals surface area contributed by atoms with Gasteiger partial charge < -0.3 is 10.1 Å². The summed E-state index contributed by atoms with van der Waals surface area (Å²) >= 11 is 0. The van der Waals surface area contributed by atoms with Crippen molar-refractivity contribution in [2.24, 2.45) is 0 Å². The van der Waals surface area contributed by atoms with Gasteiger partial charge in [0.1, 0.15) is 5.75 Å². The number of aryl methyl sites for hydroxylation is 1. The van der Waals surface area contributed by atoms with Crippen LogP contribution in [0, 0.1) is 6.92 Å². The zero-order chi connectivity index (χ0) is 20.4. The lowest BCUT2D eigenvalue weighted by Crippen LogP contribution is -2.67. The summed E-state index contributed by atoms with van der Waals surface area (Å²) in [5.74, 6) is 0.365. The van der Waals surface area contributed by atoms with E-state index in [1.165, 1.54) is 0 Å². The van der Waals surface area contributed by atoms with Gasteiger partial charge in [-0.1, -0.05) is 48.5 Å². The molecule has 1 atom stereocenters. The van der Waals surface area contributed by atoms with Gasteiger partial charge in [0, 0.05) is 11.4 Å². The summed E-state index contributed by atoms with van der Waals surface area (Å²) in [6, 6.07) is 24.2. The molecule has 3 aromatic carbocycles. The number of methoxy groups -OCH3 is 1. The Hall–Kier alpha value is -3.60. The standard InChI is InChI=1S/C24H22N2O3/c1-17-8-6-7-11-21(17)25-23(28)24(18-9-4-3-5-10-18)16-22(27)26(24)19-12-14-20(29-2)15-13-19/h3-15H,16H2,1-2H3,(H,25,28)/t24-/m1/s1. The molecule has 1 aliphatic heterocycles. The molecule has 5 heteroatoms. The van der Waals surface area contributed by atoms with Crippen molar-refractivity contribution in [3.05, 3.63) is 90.0 Å². The van der Waals surface area contributed by atoms with Crippen molar-refractivity contribution in [1.29, 1.82) is 0 Å². The molecule has 5 nitrogen and oxygen atoms in total. The molecular weight excluding hydrogens is 364 g/mol. The Kier molecular flexibility index (Phi) is 4.80. The van der Waals surface area contributed by atoms with E-state index in [1.54, 1.807) is 36.3 Å². The van der Waals surface area contributed by atoms with Crippen molar-refractivity contribution >= 4 is 23.2 Å². The monoisotopic (exact) mass is 386 g/mol. The summed E-state index contributed by atoms with van der Waals surface area (Å²) in [6.45, 7) is 1.94. The molecule has 1 saturated heterocycles. The Bertz CT molecular complexity index is 1050. The molecule has 0 aromatic heterocycles. The first-order valence-corrected chi connectivity index (χ1v) is 9.46. The van der Waals surface area contributed by atoms with Crippen LogP contribution in [0.15, 0.2) is 78.9 Å². The van der Waals surface area contributed by atoms with Gasteiger partial charge in [-0.15, -0.1) is 0 Å². The fourth-order valence-corrected chi connectivity index (χ4v) is 3.79. The predicted octanol–water partition coefficient (Wildman–Crippen LogP) is 4.27. The quantitative estimate of drug-likeness (QED) is 0.666. The highest BCUT2D eigenvalue weighted by Gasteiger charge is 2.58. The van der Waals surface area contributed by atoms with E-state index in [0.717, 1.165) is 16.8 Å². The van der Waals surface area contributed by atoms with Gasteiger partial charge in [0.15, 0.2) is 5.54 Å². The molecular formula is C24H22N2O3. The number of benzene rings is 3. The largest absolute Gasteiger partial charge is 0.497 e. The average molecular weight is 386 g/mol. The predicted molar refractivity (Wildman–Crippen MR) is 113 cm³/mol. The second kappa shape index (κ2) is 7.43. The number of anilines is 2. The molecule has 146 valence electrons. The molecule has 2 amide bonds. The second-order valence-corrected chi connectivity index (χ2v) is 7.10. The summed E-state index contributed by atoms with van der Waals surface area (Å²) < 4.78 is 5.22. The van der Waals surface area contributed by atoms with E-state index in [9.17, 15) is 9.59 Å². The summed E-state index contributed by atoms with van der Waals surface area (Å²) in [7, 11) is 1.59. The lowest BCUT2D eigenvalue weighted by molar-refractivity contribution is -0.137. The fourth-order valence-electron chi connectivity index (χ4n) is 3.79. The molecule has 0 spiro atoms. The van der Waals surface area contributed by atoms with E-state index in [0.29, 0.717) is 11.4 Å². The Morgan fingerprint density at radius 1 is 0.966 bits per heavy atom. The van der Waals surface area contributed by atoms with Crippen LogP contribution >= 0.6 is 0 Å². The maximum absolute atomic E-state index is 13.6. The van der Waals surface area contributed by atoms with Crippen LogP contribution in [0.2, 0.25) is 0 Å². The molecule has 0 saturated carbocycles. The summed E-state index contributed by atoms with van der Waals surface area (Å²) in [5, 5.41) is 3.04. The lowest BCUT2D eigenvalue weighted by Gasteiger charge is -2.50. The molecule has 1 fully saturated rings. The summed E-state index contributed by atoms with van der Waals surface area (Å²) in [4.78, 5) is 27.9. The van der Waals surface area contributed by atoms with Crippen LogP contribution in [0.25, 0.3) is 0 Å². The number of carbonyl (C=O) groups excluding carboxylic acids is 2. The van der Waals surface area contributed by atoms with Gasteiger partial charge in [-0.05, 0) is 48.4 Å². The van der Waals surface area contributed by atoms with E-state index in [2.05, 4.69) is 5.32 Å². The van der Waals surface area contributed by atoms with Crippen molar-refractivity contribution in [3.8, 4) is 5.75 Å². The minimum absolute atomic E-state index is 0.0982. The maximum Gasteiger partial charge on any atom is 0.255 e. The Balaban J connectivity index is 1.78. The highest BCUT2D eigenvalue weighted by atomic mass is 16.5. The first kappa shape index (κ1) is 18.7. The van der Waals surface area contributed by atoms with Crippen LogP contribution in [0.3, 0.4) is 0 Å².